The van der Waals surface area contributed by atoms with Gasteiger partial charge in [0, 0.05) is 15.6 Å². The number of fused-ring (bicyclic) bond motifs is 1. The van der Waals surface area contributed by atoms with Crippen molar-refractivity contribution in [3.63, 3.8) is 0 Å². The van der Waals surface area contributed by atoms with Crippen LogP contribution < -0.4 is 10.6 Å². The number of benzene rings is 2. The molecule has 2 N–H and O–H groups in total. The van der Waals surface area contributed by atoms with E-state index >= 15 is 0 Å². The van der Waals surface area contributed by atoms with Crippen LogP contribution in [0.3, 0.4) is 0 Å². The van der Waals surface area contributed by atoms with E-state index in [1.54, 1.807) is 31.2 Å². The number of hydrogen-bond donors (Lipinski definition) is 2. The predicted molar refractivity (Wildman–Crippen MR) is 100 cm³/mol. The molecule has 0 spiro atoms. The van der Waals surface area contributed by atoms with Crippen LogP contribution in [0.2, 0.25) is 5.02 Å². The molecule has 2 aromatic carbocycles. The number of nitrogens with one attached hydrogen (secondary N) is 2. The molecule has 5 nitrogen and oxygen atoms in total. The van der Waals surface area contributed by atoms with Gasteiger partial charge in [-0.05, 0) is 55.8 Å². The first-order valence-corrected chi connectivity index (χ1v) is 8.96. The van der Waals surface area contributed by atoms with Crippen molar-refractivity contribution in [1.82, 2.24) is 0 Å². The third-order valence-corrected chi connectivity index (χ3v) is 5.27. The van der Waals surface area contributed by atoms with Crippen LogP contribution in [0.25, 0.3) is 0 Å². The molecule has 0 fully saturated rings. The quantitative estimate of drug-likeness (QED) is 0.622. The molecule has 1 atom stereocenters. The summed E-state index contributed by atoms with van der Waals surface area (Å²) in [7, 11) is 0. The molecular formula is C18H17ClN2O3S. The van der Waals surface area contributed by atoms with E-state index in [0.29, 0.717) is 16.4 Å². The fourth-order valence-electron chi connectivity index (χ4n) is 2.48. The van der Waals surface area contributed by atoms with Gasteiger partial charge in [0.2, 0.25) is 0 Å². The Labute approximate surface area is 155 Å². The SMILES string of the molecule is CCOC(=O)[C@@]1(Nc2ccc(Cl)cc2)Sc2cc(C)ccc2NC1=O. The zero-order chi connectivity index (χ0) is 18.0. The van der Waals surface area contributed by atoms with Gasteiger partial charge in [-0.3, -0.25) is 4.79 Å². The van der Waals surface area contributed by atoms with E-state index in [1.165, 1.54) is 0 Å². The monoisotopic (exact) mass is 376 g/mol. The Morgan fingerprint density at radius 2 is 2.00 bits per heavy atom. The highest BCUT2D eigenvalue weighted by Crippen LogP contribution is 2.44. The summed E-state index contributed by atoms with van der Waals surface area (Å²) in [6, 6.07) is 12.5. The van der Waals surface area contributed by atoms with Crippen LogP contribution in [0.4, 0.5) is 11.4 Å². The van der Waals surface area contributed by atoms with E-state index in [4.69, 9.17) is 16.3 Å². The van der Waals surface area contributed by atoms with Crippen LogP contribution in [0, 0.1) is 6.92 Å². The summed E-state index contributed by atoms with van der Waals surface area (Å²) in [4.78, 5) is 24.7. The van der Waals surface area contributed by atoms with Crippen molar-refractivity contribution in [2.24, 2.45) is 0 Å². The average molecular weight is 377 g/mol. The number of ether oxygens (including phenoxy) is 1. The number of esters is 1. The molecule has 7 heteroatoms. The lowest BCUT2D eigenvalue weighted by Gasteiger charge is -2.35. The van der Waals surface area contributed by atoms with Gasteiger partial charge in [-0.15, -0.1) is 0 Å². The van der Waals surface area contributed by atoms with Gasteiger partial charge >= 0.3 is 5.97 Å². The highest BCUT2D eigenvalue weighted by Gasteiger charge is 2.52. The van der Waals surface area contributed by atoms with Crippen molar-refractivity contribution in [3.05, 3.63) is 53.1 Å². The summed E-state index contributed by atoms with van der Waals surface area (Å²) in [6.07, 6.45) is 0. The van der Waals surface area contributed by atoms with E-state index in [1.807, 2.05) is 25.1 Å². The molecule has 0 saturated carbocycles. The van der Waals surface area contributed by atoms with E-state index in [2.05, 4.69) is 10.6 Å². The summed E-state index contributed by atoms with van der Waals surface area (Å²) in [5.74, 6) is -1.11. The maximum absolute atomic E-state index is 12.8. The molecule has 1 amide bonds. The second-order valence-electron chi connectivity index (χ2n) is 5.59. The average Bonchev–Trinajstić information content (AvgIpc) is 2.58. The van der Waals surface area contributed by atoms with Crippen molar-refractivity contribution in [1.29, 1.82) is 0 Å². The minimum Gasteiger partial charge on any atom is -0.463 e. The Hall–Kier alpha value is -2.18. The molecule has 0 radical (unpaired) electrons. The summed E-state index contributed by atoms with van der Waals surface area (Å²) in [5, 5.41) is 6.40. The molecule has 25 heavy (non-hydrogen) atoms. The van der Waals surface area contributed by atoms with Crippen LogP contribution in [-0.4, -0.2) is 23.4 Å². The number of amides is 1. The summed E-state index contributed by atoms with van der Waals surface area (Å²) >= 11 is 7.05. The van der Waals surface area contributed by atoms with Gasteiger partial charge < -0.3 is 15.4 Å². The molecule has 0 aromatic heterocycles. The lowest BCUT2D eigenvalue weighted by Crippen LogP contribution is -2.55. The van der Waals surface area contributed by atoms with E-state index in [0.717, 1.165) is 22.2 Å². The largest absolute Gasteiger partial charge is 0.463 e. The van der Waals surface area contributed by atoms with E-state index in [9.17, 15) is 9.59 Å². The number of halogens is 1. The second kappa shape index (κ2) is 6.98. The molecule has 1 aliphatic rings. The van der Waals surface area contributed by atoms with E-state index in [-0.39, 0.29) is 6.61 Å². The molecule has 0 unspecified atom stereocenters. The number of thioether (sulfide) groups is 1. The predicted octanol–water partition coefficient (Wildman–Crippen LogP) is 4.06. The lowest BCUT2D eigenvalue weighted by molar-refractivity contribution is -0.147. The van der Waals surface area contributed by atoms with Gasteiger partial charge in [0.25, 0.3) is 10.8 Å². The highest BCUT2D eigenvalue weighted by molar-refractivity contribution is 8.02. The number of anilines is 2. The van der Waals surface area contributed by atoms with Crippen LogP contribution in [0.5, 0.6) is 0 Å². The Morgan fingerprint density at radius 1 is 1.28 bits per heavy atom. The Balaban J connectivity index is 2.03. The van der Waals surface area contributed by atoms with Crippen molar-refractivity contribution in [2.45, 2.75) is 23.6 Å². The van der Waals surface area contributed by atoms with E-state index < -0.39 is 16.7 Å². The lowest BCUT2D eigenvalue weighted by atomic mass is 10.2. The molecule has 0 bridgehead atoms. The molecule has 1 heterocycles. The number of carbonyl (C=O) groups excluding carboxylic acids is 2. The zero-order valence-corrected chi connectivity index (χ0v) is 15.3. The van der Waals surface area contributed by atoms with Crippen molar-refractivity contribution in [3.8, 4) is 0 Å². The van der Waals surface area contributed by atoms with Crippen molar-refractivity contribution < 1.29 is 14.3 Å². The molecule has 0 saturated heterocycles. The maximum atomic E-state index is 12.8. The first-order valence-electron chi connectivity index (χ1n) is 7.76. The summed E-state index contributed by atoms with van der Waals surface area (Å²) in [5.41, 5.74) is 2.31. The summed E-state index contributed by atoms with van der Waals surface area (Å²) < 4.78 is 5.19. The Bertz CT molecular complexity index is 826. The van der Waals surface area contributed by atoms with Gasteiger partial charge in [0.1, 0.15) is 0 Å². The maximum Gasteiger partial charge on any atom is 0.352 e. The van der Waals surface area contributed by atoms with Crippen LogP contribution in [0.1, 0.15) is 12.5 Å². The molecule has 0 aliphatic carbocycles. The van der Waals surface area contributed by atoms with Crippen LogP contribution >= 0.6 is 23.4 Å². The van der Waals surface area contributed by atoms with Gasteiger partial charge in [-0.1, -0.05) is 29.4 Å². The van der Waals surface area contributed by atoms with Crippen molar-refractivity contribution >= 4 is 46.6 Å². The molecule has 130 valence electrons. The zero-order valence-electron chi connectivity index (χ0n) is 13.8. The first-order chi connectivity index (χ1) is 11.9. The topological polar surface area (TPSA) is 67.4 Å². The second-order valence-corrected chi connectivity index (χ2v) is 7.28. The number of carbonyl (C=O) groups is 2. The summed E-state index contributed by atoms with van der Waals surface area (Å²) in [6.45, 7) is 3.84. The number of rotatable bonds is 4. The molecule has 3 rings (SSSR count). The first kappa shape index (κ1) is 17.6. The fraction of sp³-hybridized carbons (Fsp3) is 0.222. The Morgan fingerprint density at radius 3 is 2.68 bits per heavy atom. The number of aryl methyl sites for hydroxylation is 1. The Kier molecular flexibility index (Phi) is 4.92. The van der Waals surface area contributed by atoms with Gasteiger partial charge in [0.05, 0.1) is 12.3 Å². The molecular weight excluding hydrogens is 360 g/mol. The molecule has 1 aliphatic heterocycles. The van der Waals surface area contributed by atoms with Crippen LogP contribution in [-0.2, 0) is 14.3 Å². The van der Waals surface area contributed by atoms with Crippen LogP contribution in [0.15, 0.2) is 47.4 Å². The molecule has 2 aromatic rings. The fourth-order valence-corrected chi connectivity index (χ4v) is 3.86. The van der Waals surface area contributed by atoms with Gasteiger partial charge in [0.15, 0.2) is 0 Å². The third kappa shape index (κ3) is 3.45. The van der Waals surface area contributed by atoms with Crippen molar-refractivity contribution in [2.75, 3.05) is 17.2 Å². The number of hydrogen-bond acceptors (Lipinski definition) is 5. The highest BCUT2D eigenvalue weighted by atomic mass is 35.5. The minimum absolute atomic E-state index is 0.178. The normalized spacial score (nSPS) is 18.9. The minimum atomic E-state index is -1.61. The van der Waals surface area contributed by atoms with Gasteiger partial charge in [-0.2, -0.15) is 0 Å². The smallest absolute Gasteiger partial charge is 0.352 e. The van der Waals surface area contributed by atoms with Gasteiger partial charge in [-0.25, -0.2) is 4.79 Å². The third-order valence-electron chi connectivity index (χ3n) is 3.70. The standard InChI is InChI=1S/C18H17ClN2O3S/c1-3-24-17(23)18(21-13-7-5-12(19)6-8-13)16(22)20-14-9-4-11(2)10-15(14)25-18/h4-10,21H,3H2,1-2H3,(H,20,22)/t18-/m0/s1.